The Morgan fingerprint density at radius 1 is 1.12 bits per heavy atom. The molecule has 0 spiro atoms. The lowest BCUT2D eigenvalue weighted by molar-refractivity contribution is -0.160. The van der Waals surface area contributed by atoms with Gasteiger partial charge in [-0.2, -0.15) is 5.10 Å². The van der Waals surface area contributed by atoms with Crippen LogP contribution in [-0.4, -0.2) is 41.7 Å². The van der Waals surface area contributed by atoms with Crippen LogP contribution < -0.4 is 0 Å². The fourth-order valence-corrected chi connectivity index (χ4v) is 4.94. The minimum atomic E-state index is -0.470. The van der Waals surface area contributed by atoms with Crippen molar-refractivity contribution in [3.63, 3.8) is 0 Å². The number of nitrogens with zero attached hydrogens (tertiary/aromatic N) is 2. The summed E-state index contributed by atoms with van der Waals surface area (Å²) in [6.07, 6.45) is 4.47. The molecule has 1 aromatic carbocycles. The summed E-state index contributed by atoms with van der Waals surface area (Å²) in [6, 6.07) is 10.3. The first-order valence-electron chi connectivity index (χ1n) is 11.4. The highest BCUT2D eigenvalue weighted by atomic mass is 79.9. The van der Waals surface area contributed by atoms with E-state index in [1.54, 1.807) is 7.11 Å². The molecule has 0 aliphatic heterocycles. The van der Waals surface area contributed by atoms with Crippen LogP contribution in [0.25, 0.3) is 11.1 Å². The van der Waals surface area contributed by atoms with Crippen LogP contribution in [0.3, 0.4) is 0 Å². The minimum Gasteiger partial charge on any atom is -0.458 e. The van der Waals surface area contributed by atoms with Gasteiger partial charge >= 0.3 is 5.97 Å². The van der Waals surface area contributed by atoms with E-state index in [0.717, 1.165) is 53.7 Å². The molecule has 0 bridgehead atoms. The zero-order valence-electron chi connectivity index (χ0n) is 19.6. The van der Waals surface area contributed by atoms with E-state index in [4.69, 9.17) is 19.3 Å². The molecule has 6 nitrogen and oxygen atoms in total. The van der Waals surface area contributed by atoms with Crippen LogP contribution >= 0.6 is 15.9 Å². The predicted octanol–water partition coefficient (Wildman–Crippen LogP) is 5.62. The van der Waals surface area contributed by atoms with Crippen LogP contribution in [-0.2, 0) is 32.2 Å². The average molecular weight is 507 g/mol. The third-order valence-electron chi connectivity index (χ3n) is 5.75. The molecule has 1 heterocycles. The van der Waals surface area contributed by atoms with E-state index in [-0.39, 0.29) is 12.6 Å². The fourth-order valence-electron chi connectivity index (χ4n) is 4.29. The first kappa shape index (κ1) is 24.9. The summed E-state index contributed by atoms with van der Waals surface area (Å²) >= 11 is 3.67. The van der Waals surface area contributed by atoms with E-state index in [2.05, 4.69) is 32.7 Å². The number of esters is 1. The number of hydrogen-bond donors (Lipinski definition) is 0. The minimum absolute atomic E-state index is 0.0289. The largest absolute Gasteiger partial charge is 0.458 e. The Balaban J connectivity index is 1.52. The Hall–Kier alpha value is -1.70. The standard InChI is InChI=1S/C25H35BrN2O4/c1-25(2,3)32-22(29)17-31-15-19-12-10-18(11-13-19)14-28-21(16-30-4)23(24(26)27-28)20-8-6-5-7-9-20/h5-9,18-19H,10-17H2,1-4H3. The number of methoxy groups -OCH3 is 1. The van der Waals surface area contributed by atoms with Crippen molar-refractivity contribution in [1.29, 1.82) is 0 Å². The molecule has 2 aromatic rings. The summed E-state index contributed by atoms with van der Waals surface area (Å²) in [5.41, 5.74) is 2.88. The van der Waals surface area contributed by atoms with Crippen molar-refractivity contribution in [1.82, 2.24) is 9.78 Å². The molecule has 176 valence electrons. The monoisotopic (exact) mass is 506 g/mol. The van der Waals surface area contributed by atoms with Crippen LogP contribution in [0.2, 0.25) is 0 Å². The number of rotatable bonds is 9. The summed E-state index contributed by atoms with van der Waals surface area (Å²) in [4.78, 5) is 11.8. The molecule has 0 unspecified atom stereocenters. The Labute approximate surface area is 199 Å². The molecule has 1 aliphatic carbocycles. The van der Waals surface area contributed by atoms with Gasteiger partial charge in [0.1, 0.15) is 16.8 Å². The van der Waals surface area contributed by atoms with Crippen molar-refractivity contribution in [3.8, 4) is 11.1 Å². The number of halogens is 1. The predicted molar refractivity (Wildman–Crippen MR) is 128 cm³/mol. The molecule has 1 aliphatic rings. The zero-order chi connectivity index (χ0) is 23.1. The van der Waals surface area contributed by atoms with E-state index in [1.807, 2.05) is 39.0 Å². The maximum atomic E-state index is 11.8. The highest BCUT2D eigenvalue weighted by molar-refractivity contribution is 9.10. The SMILES string of the molecule is COCc1c(-c2ccccc2)c(Br)nn1CC1CCC(COCC(=O)OC(C)(C)C)CC1. The number of hydrogen-bond acceptors (Lipinski definition) is 5. The Kier molecular flexibility index (Phi) is 8.91. The molecule has 0 amide bonds. The molecular formula is C25H35BrN2O4. The maximum absolute atomic E-state index is 11.8. The van der Waals surface area contributed by atoms with Crippen molar-refractivity contribution in [2.75, 3.05) is 20.3 Å². The summed E-state index contributed by atoms with van der Waals surface area (Å²) in [5, 5.41) is 4.79. The zero-order valence-corrected chi connectivity index (χ0v) is 21.2. The van der Waals surface area contributed by atoms with Gasteiger partial charge in [0.15, 0.2) is 0 Å². The van der Waals surface area contributed by atoms with Gasteiger partial charge in [-0.15, -0.1) is 0 Å². The molecule has 3 rings (SSSR count). The maximum Gasteiger partial charge on any atom is 0.332 e. The van der Waals surface area contributed by atoms with Crippen LogP contribution in [0.4, 0.5) is 0 Å². The molecule has 0 N–H and O–H groups in total. The van der Waals surface area contributed by atoms with Crippen LogP contribution in [0, 0.1) is 11.8 Å². The second-order valence-corrected chi connectivity index (χ2v) is 10.3. The number of carbonyl (C=O) groups excluding carboxylic acids is 1. The number of carbonyl (C=O) groups is 1. The lowest BCUT2D eigenvalue weighted by Crippen LogP contribution is -2.28. The molecular weight excluding hydrogens is 472 g/mol. The van der Waals surface area contributed by atoms with Gasteiger partial charge in [-0.05, 0) is 79.8 Å². The summed E-state index contributed by atoms with van der Waals surface area (Å²) in [5.74, 6) is 0.773. The van der Waals surface area contributed by atoms with Gasteiger partial charge in [-0.25, -0.2) is 4.79 Å². The van der Waals surface area contributed by atoms with Gasteiger partial charge in [0.2, 0.25) is 0 Å². The molecule has 0 radical (unpaired) electrons. The van der Waals surface area contributed by atoms with E-state index in [9.17, 15) is 4.79 Å². The number of ether oxygens (including phenoxy) is 3. The summed E-state index contributed by atoms with van der Waals surface area (Å²) in [6.45, 7) is 7.65. The normalized spacial score (nSPS) is 19.2. The summed E-state index contributed by atoms with van der Waals surface area (Å²) < 4.78 is 19.4. The second kappa shape index (κ2) is 11.4. The topological polar surface area (TPSA) is 62.6 Å². The third kappa shape index (κ3) is 7.15. The van der Waals surface area contributed by atoms with E-state index < -0.39 is 5.60 Å². The van der Waals surface area contributed by atoms with Gasteiger partial charge in [-0.1, -0.05) is 30.3 Å². The molecule has 7 heteroatoms. The van der Waals surface area contributed by atoms with Crippen LogP contribution in [0.1, 0.15) is 52.1 Å². The highest BCUT2D eigenvalue weighted by Gasteiger charge is 2.25. The van der Waals surface area contributed by atoms with Crippen LogP contribution in [0.5, 0.6) is 0 Å². The van der Waals surface area contributed by atoms with Crippen molar-refractivity contribution >= 4 is 21.9 Å². The van der Waals surface area contributed by atoms with Crippen molar-refractivity contribution < 1.29 is 19.0 Å². The van der Waals surface area contributed by atoms with Crippen molar-refractivity contribution in [2.45, 2.75) is 65.2 Å². The number of aromatic nitrogens is 2. The quantitative estimate of drug-likeness (QED) is 0.412. The smallest absolute Gasteiger partial charge is 0.332 e. The molecule has 0 saturated heterocycles. The van der Waals surface area contributed by atoms with Gasteiger partial charge in [0, 0.05) is 19.2 Å². The van der Waals surface area contributed by atoms with Gasteiger partial charge in [-0.3, -0.25) is 4.68 Å². The Morgan fingerprint density at radius 3 is 2.41 bits per heavy atom. The molecule has 1 saturated carbocycles. The molecule has 1 fully saturated rings. The molecule has 32 heavy (non-hydrogen) atoms. The van der Waals surface area contributed by atoms with E-state index in [1.165, 1.54) is 0 Å². The highest BCUT2D eigenvalue weighted by Crippen LogP contribution is 2.35. The van der Waals surface area contributed by atoms with Crippen molar-refractivity contribution in [3.05, 3.63) is 40.6 Å². The van der Waals surface area contributed by atoms with Gasteiger partial charge < -0.3 is 14.2 Å². The van der Waals surface area contributed by atoms with Crippen LogP contribution in [0.15, 0.2) is 34.9 Å². The summed E-state index contributed by atoms with van der Waals surface area (Å²) in [7, 11) is 1.72. The van der Waals surface area contributed by atoms with Gasteiger partial charge in [0.05, 0.1) is 18.9 Å². The van der Waals surface area contributed by atoms with E-state index in [0.29, 0.717) is 25.0 Å². The first-order chi connectivity index (χ1) is 15.3. The van der Waals surface area contributed by atoms with Gasteiger partial charge in [0.25, 0.3) is 0 Å². The Bertz CT molecular complexity index is 868. The van der Waals surface area contributed by atoms with E-state index >= 15 is 0 Å². The third-order valence-corrected chi connectivity index (χ3v) is 6.30. The Morgan fingerprint density at radius 2 is 1.78 bits per heavy atom. The lowest BCUT2D eigenvalue weighted by atomic mass is 9.82. The average Bonchev–Trinajstić information content (AvgIpc) is 3.03. The number of benzene rings is 1. The first-order valence-corrected chi connectivity index (χ1v) is 12.1. The van der Waals surface area contributed by atoms with Crippen molar-refractivity contribution in [2.24, 2.45) is 11.8 Å². The molecule has 1 aromatic heterocycles. The fraction of sp³-hybridized carbons (Fsp3) is 0.600. The lowest BCUT2D eigenvalue weighted by Gasteiger charge is -2.28. The second-order valence-electron chi connectivity index (χ2n) is 9.58. The molecule has 0 atom stereocenters.